The first-order chi connectivity index (χ1) is 25.8. The number of rotatable bonds is 3. The third-order valence-electron chi connectivity index (χ3n) is 10.7. The van der Waals surface area contributed by atoms with Crippen molar-refractivity contribution in [1.29, 1.82) is 0 Å². The second kappa shape index (κ2) is 11.3. The fourth-order valence-electron chi connectivity index (χ4n) is 8.39. The number of nitrogens with zero attached hydrogens (tertiary/aromatic N) is 3. The summed E-state index contributed by atoms with van der Waals surface area (Å²) in [6.07, 6.45) is 3.75. The van der Waals surface area contributed by atoms with E-state index in [1.54, 1.807) is 0 Å². The van der Waals surface area contributed by atoms with E-state index in [-0.39, 0.29) is 0 Å². The Hall–Kier alpha value is -6.97. The van der Waals surface area contributed by atoms with Crippen molar-refractivity contribution in [2.75, 3.05) is 0 Å². The van der Waals surface area contributed by atoms with Crippen molar-refractivity contribution in [3.63, 3.8) is 0 Å². The van der Waals surface area contributed by atoms with E-state index in [0.717, 1.165) is 49.5 Å². The largest absolute Gasteiger partial charge is 0.254 e. The molecule has 0 radical (unpaired) electrons. The molecule has 0 spiro atoms. The van der Waals surface area contributed by atoms with Crippen LogP contribution in [0.25, 0.3) is 109 Å². The second-order valence-corrected chi connectivity index (χ2v) is 13.5. The Morgan fingerprint density at radius 2 is 0.846 bits per heavy atom. The van der Waals surface area contributed by atoms with Gasteiger partial charge in [0.2, 0.25) is 0 Å². The zero-order valence-electron chi connectivity index (χ0n) is 28.1. The summed E-state index contributed by atoms with van der Waals surface area (Å²) in [6.45, 7) is 0. The van der Waals surface area contributed by atoms with E-state index < -0.39 is 0 Å². The van der Waals surface area contributed by atoms with Gasteiger partial charge in [0.1, 0.15) is 0 Å². The highest BCUT2D eigenvalue weighted by atomic mass is 14.7. The number of aromatic nitrogens is 3. The molecule has 240 valence electrons. The average Bonchev–Trinajstić information content (AvgIpc) is 3.23. The van der Waals surface area contributed by atoms with Crippen LogP contribution >= 0.6 is 0 Å². The standard InChI is InChI=1S/C49H29N3/c1-2-12-35-34(11-1)33(25-26-38(35)39-27-29-51-49-44(39)24-23-31-10-9-28-50-47(31)49)30-19-21-32(22-20-30)46-43-18-8-6-16-41(43)45-40-15-5-3-13-36(40)37-14-4-7-17-42(37)48(45)52-46/h1-29H. The first-order valence-corrected chi connectivity index (χ1v) is 17.7. The summed E-state index contributed by atoms with van der Waals surface area (Å²) in [4.78, 5) is 14.9. The smallest absolute Gasteiger partial charge is 0.0970 e. The van der Waals surface area contributed by atoms with Crippen LogP contribution in [-0.2, 0) is 0 Å². The Morgan fingerprint density at radius 3 is 1.62 bits per heavy atom. The van der Waals surface area contributed by atoms with Crippen molar-refractivity contribution < 1.29 is 0 Å². The molecule has 0 atom stereocenters. The van der Waals surface area contributed by atoms with Gasteiger partial charge in [-0.25, -0.2) is 4.98 Å². The number of hydrogen-bond donors (Lipinski definition) is 0. The Kier molecular flexibility index (Phi) is 6.25. The highest BCUT2D eigenvalue weighted by Crippen LogP contribution is 2.42. The normalized spacial score (nSPS) is 11.8. The van der Waals surface area contributed by atoms with Crippen LogP contribution in [0.5, 0.6) is 0 Å². The quantitative estimate of drug-likeness (QED) is 0.177. The fraction of sp³-hybridized carbons (Fsp3) is 0. The molecule has 0 fully saturated rings. The molecule has 0 saturated heterocycles. The molecule has 11 rings (SSSR count). The lowest BCUT2D eigenvalue weighted by atomic mass is 9.90. The molecule has 3 heteroatoms. The van der Waals surface area contributed by atoms with Crippen LogP contribution in [0.1, 0.15) is 0 Å². The fourth-order valence-corrected chi connectivity index (χ4v) is 8.39. The van der Waals surface area contributed by atoms with Gasteiger partial charge in [-0.05, 0) is 66.7 Å². The summed E-state index contributed by atoms with van der Waals surface area (Å²) in [5.74, 6) is 0. The highest BCUT2D eigenvalue weighted by molar-refractivity contribution is 6.31. The van der Waals surface area contributed by atoms with Gasteiger partial charge in [-0.3, -0.25) is 9.97 Å². The van der Waals surface area contributed by atoms with Crippen molar-refractivity contribution in [3.05, 3.63) is 176 Å². The minimum atomic E-state index is 0.926. The average molecular weight is 660 g/mol. The van der Waals surface area contributed by atoms with E-state index in [1.165, 1.54) is 59.8 Å². The highest BCUT2D eigenvalue weighted by Gasteiger charge is 2.17. The maximum atomic E-state index is 5.48. The zero-order valence-corrected chi connectivity index (χ0v) is 28.1. The third-order valence-corrected chi connectivity index (χ3v) is 10.7. The molecule has 0 aliphatic carbocycles. The number of benzene rings is 8. The lowest BCUT2D eigenvalue weighted by molar-refractivity contribution is 1.37. The van der Waals surface area contributed by atoms with Gasteiger partial charge in [0.25, 0.3) is 0 Å². The van der Waals surface area contributed by atoms with Gasteiger partial charge in [-0.15, -0.1) is 0 Å². The summed E-state index contributed by atoms with van der Waals surface area (Å²) in [5.41, 5.74) is 9.71. The monoisotopic (exact) mass is 659 g/mol. The zero-order chi connectivity index (χ0) is 34.2. The van der Waals surface area contributed by atoms with Crippen LogP contribution in [-0.4, -0.2) is 15.0 Å². The van der Waals surface area contributed by atoms with E-state index >= 15 is 0 Å². The van der Waals surface area contributed by atoms with Gasteiger partial charge in [0.05, 0.1) is 22.2 Å². The Labute approximate surface area is 299 Å². The predicted molar refractivity (Wildman–Crippen MR) is 219 cm³/mol. The van der Waals surface area contributed by atoms with Gasteiger partial charge < -0.3 is 0 Å². The number of hydrogen-bond acceptors (Lipinski definition) is 3. The Morgan fingerprint density at radius 1 is 0.288 bits per heavy atom. The van der Waals surface area contributed by atoms with Crippen LogP contribution < -0.4 is 0 Å². The molecular weight excluding hydrogens is 631 g/mol. The van der Waals surface area contributed by atoms with E-state index in [9.17, 15) is 0 Å². The molecular formula is C49H29N3. The van der Waals surface area contributed by atoms with Crippen molar-refractivity contribution in [2.45, 2.75) is 0 Å². The maximum Gasteiger partial charge on any atom is 0.0970 e. The molecule has 0 saturated carbocycles. The molecule has 3 heterocycles. The first-order valence-electron chi connectivity index (χ1n) is 17.7. The van der Waals surface area contributed by atoms with Gasteiger partial charge >= 0.3 is 0 Å². The second-order valence-electron chi connectivity index (χ2n) is 13.5. The topological polar surface area (TPSA) is 38.7 Å². The van der Waals surface area contributed by atoms with E-state index in [1.807, 2.05) is 18.5 Å². The summed E-state index contributed by atoms with van der Waals surface area (Å²) in [6, 6.07) is 58.8. The van der Waals surface area contributed by atoms with Crippen LogP contribution in [0.15, 0.2) is 176 Å². The molecule has 0 bridgehead atoms. The van der Waals surface area contributed by atoms with Crippen LogP contribution in [0.3, 0.4) is 0 Å². The minimum absolute atomic E-state index is 0.926. The third kappa shape index (κ3) is 4.23. The van der Waals surface area contributed by atoms with Crippen LogP contribution in [0, 0.1) is 0 Å². The van der Waals surface area contributed by atoms with Crippen LogP contribution in [0.4, 0.5) is 0 Å². The molecule has 3 nitrogen and oxygen atoms in total. The Bertz CT molecular complexity index is 3240. The number of pyridine rings is 3. The minimum Gasteiger partial charge on any atom is -0.254 e. The molecule has 0 aliphatic heterocycles. The summed E-state index contributed by atoms with van der Waals surface area (Å²) < 4.78 is 0. The van der Waals surface area contributed by atoms with E-state index in [0.29, 0.717) is 0 Å². The molecule has 0 N–H and O–H groups in total. The molecule has 0 unspecified atom stereocenters. The summed E-state index contributed by atoms with van der Waals surface area (Å²) in [5, 5.41) is 13.1. The predicted octanol–water partition coefficient (Wildman–Crippen LogP) is 12.9. The van der Waals surface area contributed by atoms with Crippen molar-refractivity contribution in [2.24, 2.45) is 0 Å². The van der Waals surface area contributed by atoms with Gasteiger partial charge in [-0.1, -0.05) is 152 Å². The van der Waals surface area contributed by atoms with Gasteiger partial charge in [0.15, 0.2) is 0 Å². The van der Waals surface area contributed by atoms with Crippen molar-refractivity contribution in [3.8, 4) is 33.5 Å². The van der Waals surface area contributed by atoms with E-state index in [4.69, 9.17) is 9.97 Å². The van der Waals surface area contributed by atoms with Gasteiger partial charge in [0, 0.05) is 44.9 Å². The molecule has 11 aromatic rings. The first kappa shape index (κ1) is 28.8. The molecule has 8 aromatic carbocycles. The lowest BCUT2D eigenvalue weighted by Crippen LogP contribution is -1.93. The molecule has 52 heavy (non-hydrogen) atoms. The molecule has 0 aliphatic rings. The lowest BCUT2D eigenvalue weighted by Gasteiger charge is -2.16. The van der Waals surface area contributed by atoms with Crippen molar-refractivity contribution >= 4 is 75.8 Å². The van der Waals surface area contributed by atoms with E-state index in [2.05, 4.69) is 163 Å². The van der Waals surface area contributed by atoms with Crippen LogP contribution in [0.2, 0.25) is 0 Å². The van der Waals surface area contributed by atoms with Gasteiger partial charge in [-0.2, -0.15) is 0 Å². The summed E-state index contributed by atoms with van der Waals surface area (Å²) >= 11 is 0. The SMILES string of the molecule is c1cnc2c(c1)ccc1c(-c3ccc(-c4ccc(-c5nc6c7ccccc7c7ccccc7c6c6ccccc56)cc4)c4ccccc34)ccnc12. The maximum absolute atomic E-state index is 5.48. The Balaban J connectivity index is 1.07. The van der Waals surface area contributed by atoms with Crippen molar-refractivity contribution in [1.82, 2.24) is 15.0 Å². The molecule has 0 amide bonds. The number of fused-ring (bicyclic) bond motifs is 12. The molecule has 3 aromatic heterocycles. The summed E-state index contributed by atoms with van der Waals surface area (Å²) in [7, 11) is 0.